The number of unbranched alkanes of at least 4 members (excludes halogenated alkanes) is 2. The van der Waals surface area contributed by atoms with Crippen molar-refractivity contribution in [1.82, 2.24) is 0 Å². The first-order chi connectivity index (χ1) is 8.26. The van der Waals surface area contributed by atoms with Gasteiger partial charge in [0.2, 0.25) is 0 Å². The van der Waals surface area contributed by atoms with Gasteiger partial charge in [-0.2, -0.15) is 0 Å². The Kier molecular flexibility index (Phi) is 7.30. The number of hydrogen-bond acceptors (Lipinski definition) is 2. The minimum atomic E-state index is 0.00621. The van der Waals surface area contributed by atoms with Gasteiger partial charge >= 0.3 is 5.97 Å². The number of carbonyl (C=O) groups excluding carboxylic acids is 1. The largest absolute Gasteiger partial charge is 0.462 e. The first-order valence-electron chi connectivity index (χ1n) is 7.45. The predicted molar refractivity (Wildman–Crippen MR) is 70.9 cm³/mol. The summed E-state index contributed by atoms with van der Waals surface area (Å²) in [7, 11) is 0. The van der Waals surface area contributed by atoms with E-state index in [0.29, 0.717) is 6.42 Å². The third kappa shape index (κ3) is 6.09. The van der Waals surface area contributed by atoms with Crippen LogP contribution in [0.2, 0.25) is 0 Å². The van der Waals surface area contributed by atoms with E-state index in [-0.39, 0.29) is 12.1 Å². The van der Waals surface area contributed by atoms with Crippen LogP contribution in [0.5, 0.6) is 0 Å². The Labute approximate surface area is 106 Å². The van der Waals surface area contributed by atoms with Gasteiger partial charge < -0.3 is 4.74 Å². The van der Waals surface area contributed by atoms with Crippen LogP contribution < -0.4 is 0 Å². The minimum Gasteiger partial charge on any atom is -0.462 e. The van der Waals surface area contributed by atoms with Gasteiger partial charge in [-0.05, 0) is 31.6 Å². The Morgan fingerprint density at radius 1 is 1.18 bits per heavy atom. The lowest BCUT2D eigenvalue weighted by molar-refractivity contribution is -0.151. The molecule has 0 saturated heterocycles. The molecule has 1 aliphatic rings. The predicted octanol–water partition coefficient (Wildman–Crippen LogP) is 4.47. The molecule has 1 rings (SSSR count). The molecule has 17 heavy (non-hydrogen) atoms. The summed E-state index contributed by atoms with van der Waals surface area (Å²) in [5.74, 6) is 0.807. The van der Waals surface area contributed by atoms with Crippen LogP contribution in [-0.2, 0) is 9.53 Å². The molecule has 100 valence electrons. The SMILES string of the molecule is CCCCCC1CCCC(OC(=O)CCC)C1. The van der Waals surface area contributed by atoms with Crippen LogP contribution in [0, 0.1) is 5.92 Å². The highest BCUT2D eigenvalue weighted by atomic mass is 16.5. The molecule has 0 aliphatic heterocycles. The highest BCUT2D eigenvalue weighted by Crippen LogP contribution is 2.30. The van der Waals surface area contributed by atoms with Crippen LogP contribution >= 0.6 is 0 Å². The lowest BCUT2D eigenvalue weighted by Crippen LogP contribution is -2.25. The first kappa shape index (κ1) is 14.5. The molecule has 2 nitrogen and oxygen atoms in total. The maximum absolute atomic E-state index is 11.5. The monoisotopic (exact) mass is 240 g/mol. The Hall–Kier alpha value is -0.530. The summed E-state index contributed by atoms with van der Waals surface area (Å²) in [4.78, 5) is 11.5. The zero-order chi connectivity index (χ0) is 12.5. The van der Waals surface area contributed by atoms with Crippen molar-refractivity contribution in [1.29, 1.82) is 0 Å². The van der Waals surface area contributed by atoms with E-state index in [0.717, 1.165) is 25.2 Å². The molecule has 0 spiro atoms. The van der Waals surface area contributed by atoms with Crippen molar-refractivity contribution < 1.29 is 9.53 Å². The number of ether oxygens (including phenoxy) is 1. The fraction of sp³-hybridized carbons (Fsp3) is 0.933. The molecule has 0 aromatic rings. The average molecular weight is 240 g/mol. The Bertz CT molecular complexity index is 213. The van der Waals surface area contributed by atoms with Crippen molar-refractivity contribution >= 4 is 5.97 Å². The normalized spacial score (nSPS) is 24.6. The fourth-order valence-corrected chi connectivity index (χ4v) is 2.74. The molecule has 0 bridgehead atoms. The van der Waals surface area contributed by atoms with Crippen molar-refractivity contribution in [3.05, 3.63) is 0 Å². The summed E-state index contributed by atoms with van der Waals surface area (Å²) in [5.41, 5.74) is 0. The van der Waals surface area contributed by atoms with Gasteiger partial charge in [-0.3, -0.25) is 4.79 Å². The van der Waals surface area contributed by atoms with Crippen LogP contribution in [0.25, 0.3) is 0 Å². The standard InChI is InChI=1S/C15H28O2/c1-3-5-6-9-13-10-7-11-14(12-13)17-15(16)8-4-2/h13-14H,3-12H2,1-2H3. The van der Waals surface area contributed by atoms with Gasteiger partial charge in [0.15, 0.2) is 0 Å². The molecule has 0 N–H and O–H groups in total. The van der Waals surface area contributed by atoms with Gasteiger partial charge in [0, 0.05) is 6.42 Å². The third-order valence-corrected chi connectivity index (χ3v) is 3.70. The molecule has 1 fully saturated rings. The van der Waals surface area contributed by atoms with Crippen LogP contribution in [0.3, 0.4) is 0 Å². The molecule has 2 atom stereocenters. The van der Waals surface area contributed by atoms with Gasteiger partial charge in [-0.1, -0.05) is 46.0 Å². The van der Waals surface area contributed by atoms with E-state index in [4.69, 9.17) is 4.74 Å². The zero-order valence-electron chi connectivity index (χ0n) is 11.5. The zero-order valence-corrected chi connectivity index (χ0v) is 11.5. The summed E-state index contributed by atoms with van der Waals surface area (Å²) in [5, 5.41) is 0. The second-order valence-electron chi connectivity index (χ2n) is 5.39. The molecule has 0 radical (unpaired) electrons. The second-order valence-corrected chi connectivity index (χ2v) is 5.39. The van der Waals surface area contributed by atoms with Crippen molar-refractivity contribution in [2.75, 3.05) is 0 Å². The van der Waals surface area contributed by atoms with Gasteiger partial charge in [0.05, 0.1) is 0 Å². The smallest absolute Gasteiger partial charge is 0.306 e. The Morgan fingerprint density at radius 3 is 2.71 bits per heavy atom. The molecule has 0 heterocycles. The van der Waals surface area contributed by atoms with Crippen molar-refractivity contribution in [3.63, 3.8) is 0 Å². The highest BCUT2D eigenvalue weighted by molar-refractivity contribution is 5.69. The average Bonchev–Trinajstić information content (AvgIpc) is 2.30. The molecule has 0 aromatic carbocycles. The number of rotatable bonds is 7. The van der Waals surface area contributed by atoms with Crippen LogP contribution in [0.1, 0.15) is 78.1 Å². The maximum atomic E-state index is 11.5. The quantitative estimate of drug-likeness (QED) is 0.485. The Morgan fingerprint density at radius 2 is 2.00 bits per heavy atom. The van der Waals surface area contributed by atoms with E-state index < -0.39 is 0 Å². The van der Waals surface area contributed by atoms with Gasteiger partial charge in [0.25, 0.3) is 0 Å². The van der Waals surface area contributed by atoms with E-state index in [1.54, 1.807) is 0 Å². The lowest BCUT2D eigenvalue weighted by Gasteiger charge is -2.29. The van der Waals surface area contributed by atoms with E-state index >= 15 is 0 Å². The summed E-state index contributed by atoms with van der Waals surface area (Å²) >= 11 is 0. The summed E-state index contributed by atoms with van der Waals surface area (Å²) in [6.07, 6.45) is 11.8. The molecule has 1 saturated carbocycles. The maximum Gasteiger partial charge on any atom is 0.306 e. The minimum absolute atomic E-state index is 0.00621. The number of carbonyl (C=O) groups is 1. The summed E-state index contributed by atoms with van der Waals surface area (Å²) < 4.78 is 5.53. The lowest BCUT2D eigenvalue weighted by atomic mass is 9.84. The number of esters is 1. The van der Waals surface area contributed by atoms with Crippen LogP contribution in [0.15, 0.2) is 0 Å². The van der Waals surface area contributed by atoms with Crippen molar-refractivity contribution in [2.24, 2.45) is 5.92 Å². The topological polar surface area (TPSA) is 26.3 Å². The molecule has 2 unspecified atom stereocenters. The van der Waals surface area contributed by atoms with Crippen molar-refractivity contribution in [3.8, 4) is 0 Å². The molecule has 2 heteroatoms. The molecule has 0 aromatic heterocycles. The second kappa shape index (κ2) is 8.54. The first-order valence-corrected chi connectivity index (χ1v) is 7.45. The van der Waals surface area contributed by atoms with Gasteiger partial charge in [-0.15, -0.1) is 0 Å². The van der Waals surface area contributed by atoms with Crippen LogP contribution in [-0.4, -0.2) is 12.1 Å². The van der Waals surface area contributed by atoms with E-state index in [9.17, 15) is 4.79 Å². The van der Waals surface area contributed by atoms with E-state index in [2.05, 4.69) is 6.92 Å². The molecular formula is C15H28O2. The highest BCUT2D eigenvalue weighted by Gasteiger charge is 2.24. The summed E-state index contributed by atoms with van der Waals surface area (Å²) in [6, 6.07) is 0. The van der Waals surface area contributed by atoms with E-state index in [1.165, 1.54) is 38.5 Å². The van der Waals surface area contributed by atoms with Gasteiger partial charge in [-0.25, -0.2) is 0 Å². The fourth-order valence-electron chi connectivity index (χ4n) is 2.74. The molecule has 0 amide bonds. The van der Waals surface area contributed by atoms with E-state index in [1.807, 2.05) is 6.92 Å². The van der Waals surface area contributed by atoms with Crippen LogP contribution in [0.4, 0.5) is 0 Å². The molecular weight excluding hydrogens is 212 g/mol. The van der Waals surface area contributed by atoms with Crippen molar-refractivity contribution in [2.45, 2.75) is 84.2 Å². The number of hydrogen-bond donors (Lipinski definition) is 0. The van der Waals surface area contributed by atoms with Gasteiger partial charge in [0.1, 0.15) is 6.10 Å². The summed E-state index contributed by atoms with van der Waals surface area (Å²) in [6.45, 7) is 4.27. The Balaban J connectivity index is 2.21. The third-order valence-electron chi connectivity index (χ3n) is 3.70. The molecule has 1 aliphatic carbocycles.